The number of hydrogen-bond donors (Lipinski definition) is 1. The summed E-state index contributed by atoms with van der Waals surface area (Å²) in [6.45, 7) is 6.66. The maximum Gasteiger partial charge on any atom is 0.0565 e. The second kappa shape index (κ2) is 14.4. The Morgan fingerprint density at radius 3 is 1.58 bits per heavy atom. The van der Waals surface area contributed by atoms with Gasteiger partial charge in [-0.2, -0.15) is 0 Å². The Hall–Kier alpha value is -0.0400. The maximum absolute atomic E-state index is 9.97. The summed E-state index contributed by atoms with van der Waals surface area (Å²) in [5.41, 5.74) is 0. The number of unbranched alkanes of at least 4 members (excludes halogenated alkanes) is 9. The van der Waals surface area contributed by atoms with Crippen LogP contribution in [0.4, 0.5) is 0 Å². The normalized spacial score (nSPS) is 14.5. The van der Waals surface area contributed by atoms with E-state index in [-0.39, 0.29) is 6.10 Å². The predicted molar refractivity (Wildman–Crippen MR) is 86.5 cm³/mol. The third-order valence-corrected chi connectivity index (χ3v) is 4.25. The Kier molecular flexibility index (Phi) is 14.3. The molecule has 0 aliphatic heterocycles. The molecule has 0 rings (SSSR count). The summed E-state index contributed by atoms with van der Waals surface area (Å²) in [6, 6.07) is 0. The average Bonchev–Trinajstić information content (AvgIpc) is 2.41. The van der Waals surface area contributed by atoms with Gasteiger partial charge in [0.1, 0.15) is 0 Å². The molecule has 1 nitrogen and oxygen atoms in total. The van der Waals surface area contributed by atoms with Crippen molar-refractivity contribution < 1.29 is 5.11 Å². The highest BCUT2D eigenvalue weighted by atomic mass is 16.3. The highest BCUT2D eigenvalue weighted by molar-refractivity contribution is 4.64. The molecule has 1 N–H and O–H groups in total. The Labute approximate surface area is 122 Å². The molecule has 0 fully saturated rings. The van der Waals surface area contributed by atoms with E-state index in [9.17, 15) is 5.11 Å². The van der Waals surface area contributed by atoms with Gasteiger partial charge in [0.05, 0.1) is 6.10 Å². The van der Waals surface area contributed by atoms with Crippen LogP contribution in [-0.4, -0.2) is 11.2 Å². The van der Waals surface area contributed by atoms with Crippen LogP contribution >= 0.6 is 0 Å². The van der Waals surface area contributed by atoms with Crippen molar-refractivity contribution in [1.82, 2.24) is 0 Å². The maximum atomic E-state index is 9.97. The van der Waals surface area contributed by atoms with Gasteiger partial charge < -0.3 is 5.11 Å². The zero-order chi connectivity index (χ0) is 14.3. The van der Waals surface area contributed by atoms with E-state index < -0.39 is 0 Å². The van der Waals surface area contributed by atoms with Gasteiger partial charge in [0.25, 0.3) is 0 Å². The van der Waals surface area contributed by atoms with Gasteiger partial charge in [-0.15, -0.1) is 0 Å². The minimum Gasteiger partial charge on any atom is -0.393 e. The number of hydrogen-bond acceptors (Lipinski definition) is 1. The summed E-state index contributed by atoms with van der Waals surface area (Å²) >= 11 is 0. The predicted octanol–water partition coefficient (Wildman–Crippen LogP) is 6.09. The van der Waals surface area contributed by atoms with E-state index in [1.54, 1.807) is 0 Å². The first-order valence-corrected chi connectivity index (χ1v) is 8.90. The molecule has 19 heavy (non-hydrogen) atoms. The van der Waals surface area contributed by atoms with Crippen LogP contribution in [0.25, 0.3) is 0 Å². The summed E-state index contributed by atoms with van der Waals surface area (Å²) in [4.78, 5) is 0. The second-order valence-electron chi connectivity index (χ2n) is 6.30. The molecule has 0 amide bonds. The Bertz CT molecular complexity index is 167. The first kappa shape index (κ1) is 19.0. The lowest BCUT2D eigenvalue weighted by molar-refractivity contribution is 0.0996. The largest absolute Gasteiger partial charge is 0.393 e. The Morgan fingerprint density at radius 2 is 1.11 bits per heavy atom. The molecule has 1 heteroatoms. The standard InChI is InChI=1S/C18H38O/c1-4-6-7-8-9-10-11-12-13-14-16-18(19)17(3)15-5-2/h17-19H,4-16H2,1-3H3. The fourth-order valence-electron chi connectivity index (χ4n) is 2.77. The molecule has 0 aromatic carbocycles. The average molecular weight is 271 g/mol. The van der Waals surface area contributed by atoms with Gasteiger partial charge in [-0.1, -0.05) is 91.4 Å². The molecule has 0 radical (unpaired) electrons. The SMILES string of the molecule is CCCCCCCCCCCCC(O)C(C)CCC. The molecule has 0 saturated carbocycles. The van der Waals surface area contributed by atoms with Crippen molar-refractivity contribution in [1.29, 1.82) is 0 Å². The quantitative estimate of drug-likeness (QED) is 0.378. The fraction of sp³-hybridized carbons (Fsp3) is 1.00. The van der Waals surface area contributed by atoms with Crippen LogP contribution in [0.1, 0.15) is 104 Å². The zero-order valence-electron chi connectivity index (χ0n) is 13.8. The minimum absolute atomic E-state index is 0.0611. The molecular formula is C18H38O. The second-order valence-corrected chi connectivity index (χ2v) is 6.30. The van der Waals surface area contributed by atoms with Gasteiger partial charge in [0.2, 0.25) is 0 Å². The van der Waals surface area contributed by atoms with Crippen LogP contribution in [0.3, 0.4) is 0 Å². The van der Waals surface area contributed by atoms with Crippen LogP contribution < -0.4 is 0 Å². The van der Waals surface area contributed by atoms with E-state index in [1.807, 2.05) is 0 Å². The lowest BCUT2D eigenvalue weighted by Crippen LogP contribution is -2.17. The van der Waals surface area contributed by atoms with Crippen LogP contribution in [-0.2, 0) is 0 Å². The highest BCUT2D eigenvalue weighted by Gasteiger charge is 2.12. The lowest BCUT2D eigenvalue weighted by atomic mass is 9.95. The molecule has 0 aromatic rings. The van der Waals surface area contributed by atoms with Crippen molar-refractivity contribution in [2.75, 3.05) is 0 Å². The lowest BCUT2D eigenvalue weighted by Gasteiger charge is -2.17. The van der Waals surface area contributed by atoms with Crippen molar-refractivity contribution in [3.8, 4) is 0 Å². The third kappa shape index (κ3) is 12.7. The smallest absolute Gasteiger partial charge is 0.0565 e. The number of rotatable bonds is 14. The van der Waals surface area contributed by atoms with E-state index >= 15 is 0 Å². The van der Waals surface area contributed by atoms with Gasteiger partial charge >= 0.3 is 0 Å². The molecule has 0 heterocycles. The van der Waals surface area contributed by atoms with Crippen molar-refractivity contribution in [3.05, 3.63) is 0 Å². The Balaban J connectivity index is 3.18. The number of aliphatic hydroxyl groups is 1. The van der Waals surface area contributed by atoms with Crippen LogP contribution in [0.15, 0.2) is 0 Å². The van der Waals surface area contributed by atoms with Gasteiger partial charge in [0, 0.05) is 0 Å². The molecule has 2 atom stereocenters. The van der Waals surface area contributed by atoms with E-state index in [0.717, 1.165) is 6.42 Å². The highest BCUT2D eigenvalue weighted by Crippen LogP contribution is 2.17. The van der Waals surface area contributed by atoms with Crippen molar-refractivity contribution in [3.63, 3.8) is 0 Å². The van der Waals surface area contributed by atoms with Crippen molar-refractivity contribution in [2.45, 2.75) is 110 Å². The molecule has 0 aliphatic carbocycles. The first-order chi connectivity index (χ1) is 9.22. The molecule has 116 valence electrons. The summed E-state index contributed by atoms with van der Waals surface area (Å²) < 4.78 is 0. The molecule has 0 bridgehead atoms. The summed E-state index contributed by atoms with van der Waals surface area (Å²) in [6.07, 6.45) is 17.0. The number of aliphatic hydroxyl groups excluding tert-OH is 1. The summed E-state index contributed by atoms with van der Waals surface area (Å²) in [5.74, 6) is 0.489. The van der Waals surface area contributed by atoms with Gasteiger partial charge in [-0.25, -0.2) is 0 Å². The van der Waals surface area contributed by atoms with E-state index in [4.69, 9.17) is 0 Å². The van der Waals surface area contributed by atoms with Crippen molar-refractivity contribution in [2.24, 2.45) is 5.92 Å². The molecular weight excluding hydrogens is 232 g/mol. The molecule has 2 unspecified atom stereocenters. The minimum atomic E-state index is -0.0611. The summed E-state index contributed by atoms with van der Waals surface area (Å²) in [5, 5.41) is 9.97. The van der Waals surface area contributed by atoms with Crippen LogP contribution in [0.5, 0.6) is 0 Å². The van der Waals surface area contributed by atoms with E-state index in [2.05, 4.69) is 20.8 Å². The Morgan fingerprint density at radius 1 is 0.632 bits per heavy atom. The molecule has 0 spiro atoms. The fourth-order valence-corrected chi connectivity index (χ4v) is 2.77. The first-order valence-electron chi connectivity index (χ1n) is 8.90. The zero-order valence-corrected chi connectivity index (χ0v) is 13.8. The van der Waals surface area contributed by atoms with Gasteiger partial charge in [0.15, 0.2) is 0 Å². The van der Waals surface area contributed by atoms with E-state index in [0.29, 0.717) is 5.92 Å². The molecule has 0 aliphatic rings. The summed E-state index contributed by atoms with van der Waals surface area (Å²) in [7, 11) is 0. The van der Waals surface area contributed by atoms with Crippen LogP contribution in [0.2, 0.25) is 0 Å². The van der Waals surface area contributed by atoms with Gasteiger partial charge in [-0.05, 0) is 18.8 Å². The van der Waals surface area contributed by atoms with Gasteiger partial charge in [-0.3, -0.25) is 0 Å². The monoisotopic (exact) mass is 270 g/mol. The van der Waals surface area contributed by atoms with Crippen molar-refractivity contribution >= 4 is 0 Å². The van der Waals surface area contributed by atoms with Crippen LogP contribution in [0, 0.1) is 5.92 Å². The topological polar surface area (TPSA) is 20.2 Å². The molecule has 0 saturated heterocycles. The van der Waals surface area contributed by atoms with E-state index in [1.165, 1.54) is 77.0 Å². The molecule has 0 aromatic heterocycles. The third-order valence-electron chi connectivity index (χ3n) is 4.25.